The molecule has 0 aromatic heterocycles. The summed E-state index contributed by atoms with van der Waals surface area (Å²) in [6.07, 6.45) is 1.02. The summed E-state index contributed by atoms with van der Waals surface area (Å²) >= 11 is 0. The van der Waals surface area contributed by atoms with Gasteiger partial charge < -0.3 is 4.90 Å². The van der Waals surface area contributed by atoms with Crippen molar-refractivity contribution in [3.05, 3.63) is 33.9 Å². The van der Waals surface area contributed by atoms with Crippen molar-refractivity contribution in [2.75, 3.05) is 18.0 Å². The van der Waals surface area contributed by atoms with Crippen molar-refractivity contribution in [3.8, 4) is 0 Å². The lowest BCUT2D eigenvalue weighted by Crippen LogP contribution is -2.39. The largest absolute Gasteiger partial charge is 0.366 e. The molecule has 1 aliphatic rings. The Morgan fingerprint density at radius 3 is 2.11 bits per heavy atom. The van der Waals surface area contributed by atoms with Crippen LogP contribution in [-0.2, 0) is 0 Å². The Hall–Kier alpha value is -1.72. The van der Waals surface area contributed by atoms with Gasteiger partial charge in [0.1, 0.15) is 5.69 Å². The Bertz CT molecular complexity index is 474. The number of rotatable bonds is 2. The summed E-state index contributed by atoms with van der Waals surface area (Å²) in [6, 6.07) is 1.56. The van der Waals surface area contributed by atoms with E-state index < -0.39 is 22.2 Å². The number of non-ortho nitro benzene ring substituents is 1. The first kappa shape index (κ1) is 13.7. The van der Waals surface area contributed by atoms with Gasteiger partial charge in [-0.1, -0.05) is 13.8 Å². The fourth-order valence-electron chi connectivity index (χ4n) is 2.81. The summed E-state index contributed by atoms with van der Waals surface area (Å²) in [4.78, 5) is 11.4. The third-order valence-electron chi connectivity index (χ3n) is 3.40. The quantitative estimate of drug-likeness (QED) is 0.611. The van der Waals surface area contributed by atoms with E-state index in [1.165, 1.54) is 0 Å². The number of nitro benzene ring substituents is 1. The van der Waals surface area contributed by atoms with E-state index in [0.29, 0.717) is 24.9 Å². The van der Waals surface area contributed by atoms with Crippen molar-refractivity contribution in [1.82, 2.24) is 0 Å². The molecule has 104 valence electrons. The molecule has 0 aliphatic carbocycles. The van der Waals surface area contributed by atoms with Crippen LogP contribution in [0.1, 0.15) is 20.3 Å². The SMILES string of the molecule is CC1CC(C)CN(c2c(F)cc([N+](=O)[O-])cc2F)C1. The van der Waals surface area contributed by atoms with E-state index in [1.807, 2.05) is 13.8 Å². The molecule has 19 heavy (non-hydrogen) atoms. The summed E-state index contributed by atoms with van der Waals surface area (Å²) in [6.45, 7) is 5.19. The predicted octanol–water partition coefficient (Wildman–Crippen LogP) is 3.36. The topological polar surface area (TPSA) is 46.4 Å². The lowest BCUT2D eigenvalue weighted by molar-refractivity contribution is -0.385. The second kappa shape index (κ2) is 5.11. The summed E-state index contributed by atoms with van der Waals surface area (Å²) in [5.41, 5.74) is -0.708. The van der Waals surface area contributed by atoms with Crippen LogP contribution in [0.4, 0.5) is 20.2 Å². The summed E-state index contributed by atoms with van der Waals surface area (Å²) in [7, 11) is 0. The highest BCUT2D eigenvalue weighted by Crippen LogP contribution is 2.32. The zero-order chi connectivity index (χ0) is 14.2. The minimum atomic E-state index is -0.868. The smallest absolute Gasteiger partial charge is 0.275 e. The standard InChI is InChI=1S/C13H16F2N2O2/c1-8-3-9(2)7-16(6-8)13-11(14)4-10(17(18)19)5-12(13)15/h4-5,8-9H,3,6-7H2,1-2H3. The lowest BCUT2D eigenvalue weighted by Gasteiger charge is -2.36. The highest BCUT2D eigenvalue weighted by atomic mass is 19.1. The van der Waals surface area contributed by atoms with E-state index in [2.05, 4.69) is 0 Å². The predicted molar refractivity (Wildman–Crippen MR) is 68.2 cm³/mol. The fourth-order valence-corrected chi connectivity index (χ4v) is 2.81. The molecule has 1 fully saturated rings. The van der Waals surface area contributed by atoms with E-state index in [4.69, 9.17) is 0 Å². The number of benzene rings is 1. The van der Waals surface area contributed by atoms with Gasteiger partial charge in [-0.15, -0.1) is 0 Å². The zero-order valence-electron chi connectivity index (χ0n) is 10.9. The van der Waals surface area contributed by atoms with Gasteiger partial charge in [-0.3, -0.25) is 10.1 Å². The van der Waals surface area contributed by atoms with Gasteiger partial charge in [0.2, 0.25) is 0 Å². The van der Waals surface area contributed by atoms with Crippen molar-refractivity contribution in [2.24, 2.45) is 11.8 Å². The Kier molecular flexibility index (Phi) is 3.68. The van der Waals surface area contributed by atoms with E-state index in [-0.39, 0.29) is 5.69 Å². The van der Waals surface area contributed by atoms with Crippen LogP contribution < -0.4 is 4.90 Å². The normalized spacial score (nSPS) is 23.5. The maximum absolute atomic E-state index is 13.9. The van der Waals surface area contributed by atoms with Crippen molar-refractivity contribution in [1.29, 1.82) is 0 Å². The third kappa shape index (κ3) is 2.83. The molecule has 1 heterocycles. The van der Waals surface area contributed by atoms with Crippen molar-refractivity contribution in [3.63, 3.8) is 0 Å². The maximum atomic E-state index is 13.9. The highest BCUT2D eigenvalue weighted by Gasteiger charge is 2.27. The number of piperidine rings is 1. The van der Waals surface area contributed by atoms with Crippen molar-refractivity contribution >= 4 is 11.4 Å². The van der Waals surface area contributed by atoms with Gasteiger partial charge in [0.15, 0.2) is 11.6 Å². The molecule has 2 atom stereocenters. The molecule has 0 amide bonds. The van der Waals surface area contributed by atoms with Crippen LogP contribution in [-0.4, -0.2) is 18.0 Å². The Balaban J connectivity index is 2.37. The molecule has 1 aromatic carbocycles. The molecule has 2 unspecified atom stereocenters. The van der Waals surface area contributed by atoms with Gasteiger partial charge in [-0.25, -0.2) is 8.78 Å². The van der Waals surface area contributed by atoms with Gasteiger partial charge in [0.25, 0.3) is 5.69 Å². The average molecular weight is 270 g/mol. The highest BCUT2D eigenvalue weighted by molar-refractivity contribution is 5.54. The number of hydrogen-bond donors (Lipinski definition) is 0. The van der Waals surface area contributed by atoms with E-state index >= 15 is 0 Å². The first-order valence-corrected chi connectivity index (χ1v) is 6.27. The summed E-state index contributed by atoms with van der Waals surface area (Å²) < 4.78 is 27.8. The molecule has 6 heteroatoms. The monoisotopic (exact) mass is 270 g/mol. The number of hydrogen-bond acceptors (Lipinski definition) is 3. The maximum Gasteiger partial charge on any atom is 0.275 e. The molecule has 1 saturated heterocycles. The molecule has 2 rings (SSSR count). The fraction of sp³-hybridized carbons (Fsp3) is 0.538. The first-order chi connectivity index (χ1) is 8.88. The Morgan fingerprint density at radius 2 is 1.68 bits per heavy atom. The van der Waals surface area contributed by atoms with Crippen LogP contribution in [0, 0.1) is 33.6 Å². The van der Waals surface area contributed by atoms with Crippen molar-refractivity contribution < 1.29 is 13.7 Å². The molecule has 0 radical (unpaired) electrons. The number of halogens is 2. The molecular weight excluding hydrogens is 254 g/mol. The molecule has 1 aliphatic heterocycles. The third-order valence-corrected chi connectivity index (χ3v) is 3.40. The van der Waals surface area contributed by atoms with Crippen molar-refractivity contribution in [2.45, 2.75) is 20.3 Å². The van der Waals surface area contributed by atoms with Gasteiger partial charge in [0.05, 0.1) is 17.1 Å². The van der Waals surface area contributed by atoms with Gasteiger partial charge >= 0.3 is 0 Å². The minimum absolute atomic E-state index is 0.149. The molecule has 0 spiro atoms. The van der Waals surface area contributed by atoms with Crippen LogP contribution >= 0.6 is 0 Å². The minimum Gasteiger partial charge on any atom is -0.366 e. The first-order valence-electron chi connectivity index (χ1n) is 6.27. The van der Waals surface area contributed by atoms with Gasteiger partial charge in [-0.2, -0.15) is 0 Å². The Morgan fingerprint density at radius 1 is 1.21 bits per heavy atom. The van der Waals surface area contributed by atoms with Crippen LogP contribution in [0.2, 0.25) is 0 Å². The Labute approximate surface area is 110 Å². The van der Waals surface area contributed by atoms with E-state index in [9.17, 15) is 18.9 Å². The van der Waals surface area contributed by atoms with Gasteiger partial charge in [0, 0.05) is 13.1 Å². The molecule has 0 bridgehead atoms. The molecule has 0 N–H and O–H groups in total. The second-order valence-electron chi connectivity index (χ2n) is 5.37. The average Bonchev–Trinajstić information content (AvgIpc) is 2.26. The summed E-state index contributed by atoms with van der Waals surface area (Å²) in [5, 5.41) is 10.6. The summed E-state index contributed by atoms with van der Waals surface area (Å²) in [5.74, 6) is -1.04. The molecule has 1 aromatic rings. The second-order valence-corrected chi connectivity index (χ2v) is 5.37. The van der Waals surface area contributed by atoms with E-state index in [0.717, 1.165) is 18.6 Å². The molecular formula is C13H16F2N2O2. The van der Waals surface area contributed by atoms with E-state index in [1.54, 1.807) is 4.90 Å². The number of nitro groups is 1. The number of anilines is 1. The number of nitrogens with zero attached hydrogens (tertiary/aromatic N) is 2. The zero-order valence-corrected chi connectivity index (χ0v) is 10.9. The van der Waals surface area contributed by atoms with Gasteiger partial charge in [-0.05, 0) is 18.3 Å². The van der Waals surface area contributed by atoms with Crippen LogP contribution in [0.5, 0.6) is 0 Å². The molecule has 0 saturated carbocycles. The molecule has 4 nitrogen and oxygen atoms in total. The van der Waals surface area contributed by atoms with Crippen LogP contribution in [0.25, 0.3) is 0 Å². The van der Waals surface area contributed by atoms with Crippen LogP contribution in [0.3, 0.4) is 0 Å². The lowest BCUT2D eigenvalue weighted by atomic mass is 9.91. The van der Waals surface area contributed by atoms with Crippen LogP contribution in [0.15, 0.2) is 12.1 Å².